The van der Waals surface area contributed by atoms with Crippen LogP contribution in [-0.4, -0.2) is 34.5 Å². The van der Waals surface area contributed by atoms with Crippen LogP contribution < -0.4 is 11.2 Å². The van der Waals surface area contributed by atoms with Gasteiger partial charge in [0.1, 0.15) is 0 Å². The fourth-order valence-electron chi connectivity index (χ4n) is 2.10. The zero-order chi connectivity index (χ0) is 10.8. The van der Waals surface area contributed by atoms with Crippen molar-refractivity contribution in [2.75, 3.05) is 19.6 Å². The van der Waals surface area contributed by atoms with Gasteiger partial charge in [-0.1, -0.05) is 6.92 Å². The average Bonchev–Trinajstić information content (AvgIpc) is 2.66. The van der Waals surface area contributed by atoms with Crippen molar-refractivity contribution in [1.82, 2.24) is 14.9 Å². The first-order valence-corrected chi connectivity index (χ1v) is 5.25. The van der Waals surface area contributed by atoms with Gasteiger partial charge >= 0.3 is 5.69 Å². The molecule has 0 aliphatic carbocycles. The minimum Gasteiger partial charge on any atom is -0.314 e. The van der Waals surface area contributed by atoms with Crippen molar-refractivity contribution in [3.63, 3.8) is 0 Å². The Hall–Kier alpha value is -1.36. The van der Waals surface area contributed by atoms with Gasteiger partial charge in [0.15, 0.2) is 0 Å². The second-order valence-electron chi connectivity index (χ2n) is 3.91. The summed E-state index contributed by atoms with van der Waals surface area (Å²) in [6, 6.07) is 0. The highest BCUT2D eigenvalue weighted by molar-refractivity contribution is 5.13. The maximum atomic E-state index is 11.5. The van der Waals surface area contributed by atoms with Gasteiger partial charge in [-0.05, 0) is 19.5 Å². The van der Waals surface area contributed by atoms with Gasteiger partial charge in [-0.15, -0.1) is 0 Å². The number of rotatable bonds is 2. The first-order valence-electron chi connectivity index (χ1n) is 5.25. The molecule has 0 amide bonds. The Morgan fingerprint density at radius 1 is 1.53 bits per heavy atom. The number of aromatic amines is 2. The molecule has 2 heterocycles. The second-order valence-corrected chi connectivity index (χ2v) is 3.91. The standard InChI is InChI=1S/C10H15N3O2/c1-2-13-4-3-7(6-13)8-5-11-10(15)12-9(8)14/h5,7H,2-4,6H2,1H3,(H2,11,12,14,15). The second kappa shape index (κ2) is 4.02. The molecule has 0 bridgehead atoms. The number of likely N-dealkylation sites (tertiary alicyclic amines) is 1. The molecule has 0 radical (unpaired) electrons. The molecule has 0 aromatic carbocycles. The lowest BCUT2D eigenvalue weighted by atomic mass is 10.0. The van der Waals surface area contributed by atoms with E-state index in [1.807, 2.05) is 0 Å². The van der Waals surface area contributed by atoms with Crippen LogP contribution in [-0.2, 0) is 0 Å². The summed E-state index contributed by atoms with van der Waals surface area (Å²) in [4.78, 5) is 29.5. The van der Waals surface area contributed by atoms with E-state index >= 15 is 0 Å². The molecule has 5 heteroatoms. The maximum absolute atomic E-state index is 11.5. The van der Waals surface area contributed by atoms with Gasteiger partial charge in [0.25, 0.3) is 5.56 Å². The summed E-state index contributed by atoms with van der Waals surface area (Å²) in [5, 5.41) is 0. The van der Waals surface area contributed by atoms with Crippen molar-refractivity contribution in [1.29, 1.82) is 0 Å². The summed E-state index contributed by atoms with van der Waals surface area (Å²) in [7, 11) is 0. The quantitative estimate of drug-likeness (QED) is 0.713. The Kier molecular flexibility index (Phi) is 2.73. The summed E-state index contributed by atoms with van der Waals surface area (Å²) in [5.41, 5.74) is 0.0151. The summed E-state index contributed by atoms with van der Waals surface area (Å²) < 4.78 is 0. The highest BCUT2D eigenvalue weighted by Gasteiger charge is 2.24. The summed E-state index contributed by atoms with van der Waals surface area (Å²) >= 11 is 0. The number of likely N-dealkylation sites (N-methyl/N-ethyl adjacent to an activating group) is 1. The van der Waals surface area contributed by atoms with E-state index in [0.29, 0.717) is 5.56 Å². The van der Waals surface area contributed by atoms with Crippen LogP contribution in [0.1, 0.15) is 24.8 Å². The molecule has 5 nitrogen and oxygen atoms in total. The molecule has 1 atom stereocenters. The molecule has 1 saturated heterocycles. The summed E-state index contributed by atoms with van der Waals surface area (Å²) in [6.45, 7) is 5.06. The van der Waals surface area contributed by atoms with E-state index in [9.17, 15) is 9.59 Å². The highest BCUT2D eigenvalue weighted by atomic mass is 16.2. The molecule has 0 saturated carbocycles. The Balaban J connectivity index is 2.24. The van der Waals surface area contributed by atoms with Crippen LogP contribution >= 0.6 is 0 Å². The Morgan fingerprint density at radius 2 is 2.33 bits per heavy atom. The summed E-state index contributed by atoms with van der Waals surface area (Å²) in [6.07, 6.45) is 2.54. The Morgan fingerprint density at radius 3 is 2.93 bits per heavy atom. The summed E-state index contributed by atoms with van der Waals surface area (Å²) in [5.74, 6) is 0.255. The van der Waals surface area contributed by atoms with E-state index in [1.165, 1.54) is 0 Å². The third kappa shape index (κ3) is 2.02. The van der Waals surface area contributed by atoms with Crippen molar-refractivity contribution in [2.45, 2.75) is 19.3 Å². The van der Waals surface area contributed by atoms with Crippen molar-refractivity contribution >= 4 is 0 Å². The Labute approximate surface area is 87.1 Å². The van der Waals surface area contributed by atoms with Crippen LogP contribution in [0.15, 0.2) is 15.8 Å². The Bertz CT molecular complexity index is 448. The third-order valence-corrected chi connectivity index (χ3v) is 3.01. The first kappa shape index (κ1) is 10.2. The van der Waals surface area contributed by atoms with Crippen molar-refractivity contribution < 1.29 is 0 Å². The smallest absolute Gasteiger partial charge is 0.314 e. The molecular weight excluding hydrogens is 194 g/mol. The molecule has 1 unspecified atom stereocenters. The number of nitrogens with one attached hydrogen (secondary N) is 2. The van der Waals surface area contributed by atoms with Gasteiger partial charge in [0.05, 0.1) is 0 Å². The monoisotopic (exact) mass is 209 g/mol. The lowest BCUT2D eigenvalue weighted by Gasteiger charge is -2.12. The van der Waals surface area contributed by atoms with Crippen LogP contribution in [0.2, 0.25) is 0 Å². The van der Waals surface area contributed by atoms with Crippen LogP contribution in [0, 0.1) is 0 Å². The average molecular weight is 209 g/mol. The molecule has 2 N–H and O–H groups in total. The van der Waals surface area contributed by atoms with E-state index in [1.54, 1.807) is 6.20 Å². The van der Waals surface area contributed by atoms with E-state index in [-0.39, 0.29) is 11.5 Å². The van der Waals surface area contributed by atoms with Gasteiger partial charge in [-0.2, -0.15) is 0 Å². The van der Waals surface area contributed by atoms with Gasteiger partial charge in [-0.3, -0.25) is 9.78 Å². The predicted octanol–water partition coefficient (Wildman–Crippen LogP) is -0.128. The molecule has 1 aromatic heterocycles. The van der Waals surface area contributed by atoms with Crippen LogP contribution in [0.25, 0.3) is 0 Å². The highest BCUT2D eigenvalue weighted by Crippen LogP contribution is 2.23. The molecule has 1 fully saturated rings. The first-order chi connectivity index (χ1) is 7.20. The van der Waals surface area contributed by atoms with Crippen molar-refractivity contribution in [2.24, 2.45) is 0 Å². The van der Waals surface area contributed by atoms with Crippen molar-refractivity contribution in [3.8, 4) is 0 Å². The zero-order valence-electron chi connectivity index (χ0n) is 8.75. The van der Waals surface area contributed by atoms with E-state index in [2.05, 4.69) is 21.8 Å². The number of hydrogen-bond donors (Lipinski definition) is 2. The lowest BCUT2D eigenvalue weighted by Crippen LogP contribution is -2.27. The predicted molar refractivity (Wildman–Crippen MR) is 57.2 cm³/mol. The molecule has 15 heavy (non-hydrogen) atoms. The van der Waals surface area contributed by atoms with Gasteiger partial charge in [-0.25, -0.2) is 4.79 Å². The largest absolute Gasteiger partial charge is 0.325 e. The minimum absolute atomic E-state index is 0.248. The maximum Gasteiger partial charge on any atom is 0.325 e. The van der Waals surface area contributed by atoms with Crippen LogP contribution in [0.4, 0.5) is 0 Å². The fourth-order valence-corrected chi connectivity index (χ4v) is 2.10. The molecule has 0 spiro atoms. The van der Waals surface area contributed by atoms with Gasteiger partial charge in [0, 0.05) is 24.2 Å². The van der Waals surface area contributed by atoms with Crippen LogP contribution in [0.5, 0.6) is 0 Å². The topological polar surface area (TPSA) is 69.0 Å². The number of hydrogen-bond acceptors (Lipinski definition) is 3. The van der Waals surface area contributed by atoms with E-state index < -0.39 is 5.69 Å². The van der Waals surface area contributed by atoms with E-state index in [4.69, 9.17) is 0 Å². The minimum atomic E-state index is -0.436. The molecule has 1 aromatic rings. The number of nitrogens with zero attached hydrogens (tertiary/aromatic N) is 1. The molecule has 2 rings (SSSR count). The zero-order valence-corrected chi connectivity index (χ0v) is 8.75. The molecule has 82 valence electrons. The van der Waals surface area contributed by atoms with Gasteiger partial charge < -0.3 is 9.88 Å². The van der Waals surface area contributed by atoms with Crippen molar-refractivity contribution in [3.05, 3.63) is 32.6 Å². The number of aromatic nitrogens is 2. The lowest BCUT2D eigenvalue weighted by molar-refractivity contribution is 0.353. The molecule has 1 aliphatic heterocycles. The SMILES string of the molecule is CCN1CCC(c2c[nH]c(=O)[nH]c2=O)C1. The fraction of sp³-hybridized carbons (Fsp3) is 0.600. The van der Waals surface area contributed by atoms with Gasteiger partial charge in [0.2, 0.25) is 0 Å². The van der Waals surface area contributed by atoms with Crippen LogP contribution in [0.3, 0.4) is 0 Å². The van der Waals surface area contributed by atoms with E-state index in [0.717, 1.165) is 26.1 Å². The molecular formula is C10H15N3O2. The number of H-pyrrole nitrogens is 2. The molecule has 1 aliphatic rings. The normalized spacial score (nSPS) is 22.1. The third-order valence-electron chi connectivity index (χ3n) is 3.01.